The fourth-order valence-corrected chi connectivity index (χ4v) is 4.56. The van der Waals surface area contributed by atoms with E-state index in [9.17, 15) is 35.5 Å². The summed E-state index contributed by atoms with van der Waals surface area (Å²) in [7, 11) is 0. The number of nitrogens with zero attached hydrogens (tertiary/aromatic N) is 5. The van der Waals surface area contributed by atoms with Crippen LogP contribution in [0.4, 0.5) is 30.7 Å². The van der Waals surface area contributed by atoms with Crippen molar-refractivity contribution >= 4 is 0 Å². The monoisotopic (exact) mass is 583 g/mol. The highest BCUT2D eigenvalue weighted by Gasteiger charge is 2.34. The third-order valence-electron chi connectivity index (χ3n) is 6.40. The Morgan fingerprint density at radius 1 is 1.02 bits per heavy atom. The van der Waals surface area contributed by atoms with E-state index in [-0.39, 0.29) is 23.2 Å². The molecule has 5 rings (SSSR count). The Hall–Kier alpha value is -4.10. The number of hydrogen-bond acceptors (Lipinski definition) is 6. The second kappa shape index (κ2) is 12.6. The van der Waals surface area contributed by atoms with Crippen LogP contribution in [0.25, 0.3) is 11.6 Å². The zero-order chi connectivity index (χ0) is 29.7. The first-order valence-electron chi connectivity index (χ1n) is 12.6. The average molecular weight is 584 g/mol. The molecule has 0 bridgehead atoms. The van der Waals surface area contributed by atoms with Crippen LogP contribution in [-0.4, -0.2) is 25.0 Å². The molecule has 218 valence electrons. The second-order valence-electron chi connectivity index (χ2n) is 9.47. The van der Waals surface area contributed by atoms with Gasteiger partial charge < -0.3 is 4.42 Å². The second-order valence-corrected chi connectivity index (χ2v) is 9.47. The van der Waals surface area contributed by atoms with Gasteiger partial charge in [0.05, 0.1) is 17.8 Å². The van der Waals surface area contributed by atoms with E-state index in [1.165, 1.54) is 24.4 Å². The van der Waals surface area contributed by atoms with Crippen LogP contribution >= 0.6 is 0 Å². The van der Waals surface area contributed by atoms with Gasteiger partial charge in [-0.05, 0) is 61.6 Å². The molecule has 4 aromatic rings. The number of benzene rings is 1. The Bertz CT molecular complexity index is 1500. The van der Waals surface area contributed by atoms with Gasteiger partial charge in [0.1, 0.15) is 17.3 Å². The summed E-state index contributed by atoms with van der Waals surface area (Å²) in [5.41, 5.74) is -1.07. The van der Waals surface area contributed by atoms with E-state index in [2.05, 4.69) is 20.3 Å². The van der Waals surface area contributed by atoms with Crippen molar-refractivity contribution in [2.24, 2.45) is 0 Å². The first kappa shape index (κ1) is 29.9. The Morgan fingerprint density at radius 2 is 1.71 bits per heavy atom. The molecule has 41 heavy (non-hydrogen) atoms. The molecule has 1 saturated carbocycles. The summed E-state index contributed by atoms with van der Waals surface area (Å²) in [6, 6.07) is 6.84. The highest BCUT2D eigenvalue weighted by Crippen LogP contribution is 2.33. The lowest BCUT2D eigenvalue weighted by molar-refractivity contribution is -0.138. The van der Waals surface area contributed by atoms with Gasteiger partial charge in [0.25, 0.3) is 17.3 Å². The fraction of sp³-hybridized carbons (Fsp3) is 0.370. The maximum Gasteiger partial charge on any atom is 0.418 e. The normalized spacial score (nSPS) is 14.2. The molecular formula is C27H24F7N5O2. The van der Waals surface area contributed by atoms with Crippen molar-refractivity contribution in [2.75, 3.05) is 0 Å². The molecule has 3 heterocycles. The molecule has 0 spiro atoms. The van der Waals surface area contributed by atoms with Crippen LogP contribution in [0.1, 0.15) is 72.7 Å². The molecule has 3 aromatic heterocycles. The van der Waals surface area contributed by atoms with Crippen LogP contribution in [-0.2, 0) is 12.7 Å². The zero-order valence-corrected chi connectivity index (χ0v) is 21.6. The molecule has 0 radical (unpaired) electrons. The van der Waals surface area contributed by atoms with E-state index < -0.39 is 47.8 Å². The summed E-state index contributed by atoms with van der Waals surface area (Å²) in [4.78, 5) is 16.9. The van der Waals surface area contributed by atoms with Crippen molar-refractivity contribution in [1.82, 2.24) is 25.0 Å². The van der Waals surface area contributed by atoms with E-state index in [1.54, 1.807) is 6.92 Å². The van der Waals surface area contributed by atoms with E-state index >= 15 is 0 Å². The molecule has 1 aromatic carbocycles. The standard InChI is InChI=1S/C20H18F5N5O2.C7H6F2/c21-16(22)18-28-27-17(32-18)14-9-12(11-5-2-1-3-6-11)19(31)30(29-14)10-15-13(20(23,24)25)7-4-8-26-15;1-5-2-6(8)4-7(9)3-5/h4,7-9,11,16H,1-3,5-6,10H2;2-4H,1H3. The van der Waals surface area contributed by atoms with Crippen molar-refractivity contribution in [3.05, 3.63) is 92.9 Å². The zero-order valence-electron chi connectivity index (χ0n) is 21.6. The number of hydrogen-bond donors (Lipinski definition) is 0. The van der Waals surface area contributed by atoms with Crippen molar-refractivity contribution in [1.29, 1.82) is 0 Å². The van der Waals surface area contributed by atoms with Crippen molar-refractivity contribution in [3.8, 4) is 11.6 Å². The van der Waals surface area contributed by atoms with Crippen molar-refractivity contribution < 1.29 is 35.2 Å². The minimum Gasteiger partial charge on any atom is -0.413 e. The Kier molecular flexibility index (Phi) is 9.18. The summed E-state index contributed by atoms with van der Waals surface area (Å²) in [5.74, 6) is -2.43. The van der Waals surface area contributed by atoms with E-state index in [1.807, 2.05) is 0 Å². The SMILES string of the molecule is Cc1cc(F)cc(F)c1.O=c1c(C2CCCCC2)cc(-c2nnc(C(F)F)o2)nn1Cc1ncccc1C(F)(F)F. The number of halogens is 7. The van der Waals surface area contributed by atoms with Crippen LogP contribution in [0, 0.1) is 18.6 Å². The first-order valence-corrected chi connectivity index (χ1v) is 12.6. The molecule has 0 saturated heterocycles. The Morgan fingerprint density at radius 3 is 2.29 bits per heavy atom. The fourth-order valence-electron chi connectivity index (χ4n) is 4.56. The highest BCUT2D eigenvalue weighted by molar-refractivity contribution is 5.47. The molecule has 0 amide bonds. The Labute approximate surface area is 229 Å². The minimum absolute atomic E-state index is 0.0611. The van der Waals surface area contributed by atoms with E-state index in [0.29, 0.717) is 11.1 Å². The number of rotatable bonds is 5. The lowest BCUT2D eigenvalue weighted by atomic mass is 9.84. The summed E-state index contributed by atoms with van der Waals surface area (Å²) < 4.78 is 96.1. The van der Waals surface area contributed by atoms with Gasteiger partial charge in [0.15, 0.2) is 0 Å². The van der Waals surface area contributed by atoms with Crippen LogP contribution in [0.3, 0.4) is 0 Å². The van der Waals surface area contributed by atoms with Gasteiger partial charge in [-0.1, -0.05) is 19.3 Å². The Balaban J connectivity index is 0.000000367. The quantitative estimate of drug-likeness (QED) is 0.235. The lowest BCUT2D eigenvalue weighted by Gasteiger charge is -2.22. The third-order valence-corrected chi connectivity index (χ3v) is 6.40. The predicted molar refractivity (Wildman–Crippen MR) is 132 cm³/mol. The molecule has 1 aliphatic rings. The molecule has 0 unspecified atom stereocenters. The summed E-state index contributed by atoms with van der Waals surface area (Å²) in [6.07, 6.45) is -2.21. The topological polar surface area (TPSA) is 86.7 Å². The van der Waals surface area contributed by atoms with Gasteiger partial charge in [0, 0.05) is 17.8 Å². The molecule has 1 fully saturated rings. The largest absolute Gasteiger partial charge is 0.418 e. The van der Waals surface area contributed by atoms with Gasteiger partial charge in [-0.2, -0.15) is 27.1 Å². The number of pyridine rings is 1. The van der Waals surface area contributed by atoms with Crippen molar-refractivity contribution in [2.45, 2.75) is 64.1 Å². The smallest absolute Gasteiger partial charge is 0.413 e. The molecule has 1 aliphatic carbocycles. The number of aromatic nitrogens is 5. The molecule has 0 atom stereocenters. The van der Waals surface area contributed by atoms with Crippen LogP contribution in [0.5, 0.6) is 0 Å². The van der Waals surface area contributed by atoms with Gasteiger partial charge in [-0.15, -0.1) is 10.2 Å². The van der Waals surface area contributed by atoms with Gasteiger partial charge in [0.2, 0.25) is 0 Å². The molecule has 7 nitrogen and oxygen atoms in total. The number of aryl methyl sites for hydroxylation is 1. The highest BCUT2D eigenvalue weighted by atomic mass is 19.4. The van der Waals surface area contributed by atoms with E-state index in [0.717, 1.165) is 55.0 Å². The van der Waals surface area contributed by atoms with E-state index in [4.69, 9.17) is 4.42 Å². The predicted octanol–water partition coefficient (Wildman–Crippen LogP) is 7.01. The van der Waals surface area contributed by atoms with Crippen LogP contribution < -0.4 is 5.56 Å². The van der Waals surface area contributed by atoms with Crippen molar-refractivity contribution in [3.63, 3.8) is 0 Å². The lowest BCUT2D eigenvalue weighted by Crippen LogP contribution is -2.30. The van der Waals surface area contributed by atoms with Gasteiger partial charge in [-0.3, -0.25) is 9.78 Å². The molecule has 14 heteroatoms. The molecule has 0 N–H and O–H groups in total. The molecule has 0 aliphatic heterocycles. The third kappa shape index (κ3) is 7.55. The van der Waals surface area contributed by atoms with Gasteiger partial charge in [-0.25, -0.2) is 13.5 Å². The maximum atomic E-state index is 13.4. The summed E-state index contributed by atoms with van der Waals surface area (Å²) >= 11 is 0. The minimum atomic E-state index is -4.67. The average Bonchev–Trinajstić information content (AvgIpc) is 3.41. The van der Waals surface area contributed by atoms with Gasteiger partial charge >= 0.3 is 12.6 Å². The number of alkyl halides is 5. The summed E-state index contributed by atoms with van der Waals surface area (Å²) in [5, 5.41) is 10.9. The van der Waals surface area contributed by atoms with Crippen LogP contribution in [0.15, 0.2) is 51.8 Å². The first-order chi connectivity index (χ1) is 19.4. The molecular weight excluding hydrogens is 559 g/mol. The van der Waals surface area contributed by atoms with Crippen LogP contribution in [0.2, 0.25) is 0 Å². The maximum absolute atomic E-state index is 13.4. The summed E-state index contributed by atoms with van der Waals surface area (Å²) in [6.45, 7) is 1.09.